The first-order chi connectivity index (χ1) is 14.2. The van der Waals surface area contributed by atoms with Crippen LogP contribution >= 0.6 is 15.9 Å². The van der Waals surface area contributed by atoms with Crippen LogP contribution in [0.5, 0.6) is 0 Å². The molecular weight excluding hydrogens is 418 g/mol. The molecule has 0 aliphatic rings. The van der Waals surface area contributed by atoms with Crippen LogP contribution in [0, 0.1) is 6.92 Å². The zero-order valence-electron chi connectivity index (χ0n) is 16.8. The van der Waals surface area contributed by atoms with Crippen molar-refractivity contribution in [2.75, 3.05) is 0 Å². The lowest BCUT2D eigenvalue weighted by Crippen LogP contribution is -2.31. The van der Waals surface area contributed by atoms with Crippen LogP contribution in [-0.2, 0) is 11.8 Å². The second kappa shape index (κ2) is 8.34. The molecule has 0 atom stereocenters. The molecule has 0 amide bonds. The summed E-state index contributed by atoms with van der Waals surface area (Å²) in [7, 11) is 0. The van der Waals surface area contributed by atoms with Crippen LogP contribution < -0.4 is 0 Å². The molecule has 0 radical (unpaired) electrons. The predicted octanol–water partition coefficient (Wildman–Crippen LogP) is 7.10. The van der Waals surface area contributed by atoms with Crippen molar-refractivity contribution in [2.24, 2.45) is 0 Å². The molecule has 4 rings (SSSR count). The topological polar surface area (TPSA) is 12.9 Å². The average molecular weight is 442 g/mol. The van der Waals surface area contributed by atoms with E-state index in [-0.39, 0.29) is 0 Å². The van der Waals surface area contributed by atoms with Crippen LogP contribution in [0.15, 0.2) is 102 Å². The van der Waals surface area contributed by atoms with Crippen molar-refractivity contribution < 1.29 is 0 Å². The van der Waals surface area contributed by atoms with Gasteiger partial charge in [0, 0.05) is 6.20 Å². The number of hydrogen-bond acceptors (Lipinski definition) is 1. The Morgan fingerprint density at radius 3 is 1.86 bits per heavy atom. The predicted molar refractivity (Wildman–Crippen MR) is 124 cm³/mol. The molecule has 1 heterocycles. The molecule has 0 bridgehead atoms. The summed E-state index contributed by atoms with van der Waals surface area (Å²) in [6.07, 6.45) is 2.94. The van der Waals surface area contributed by atoms with Gasteiger partial charge in [-0.05, 0) is 63.2 Å². The van der Waals surface area contributed by atoms with E-state index in [1.807, 2.05) is 6.20 Å². The Hall–Kier alpha value is -2.71. The van der Waals surface area contributed by atoms with Gasteiger partial charge < -0.3 is 0 Å². The Morgan fingerprint density at radius 1 is 0.724 bits per heavy atom. The van der Waals surface area contributed by atoms with Gasteiger partial charge in [0.15, 0.2) is 0 Å². The maximum atomic E-state index is 4.73. The van der Waals surface area contributed by atoms with E-state index < -0.39 is 5.41 Å². The average Bonchev–Trinajstić information content (AvgIpc) is 2.77. The third-order valence-electron chi connectivity index (χ3n) is 5.59. The van der Waals surface area contributed by atoms with E-state index in [0.717, 1.165) is 11.0 Å². The molecule has 144 valence electrons. The molecule has 4 aromatic rings. The minimum Gasteiger partial charge on any atom is -0.249 e. The highest BCUT2D eigenvalue weighted by atomic mass is 79.9. The Labute approximate surface area is 181 Å². The summed E-state index contributed by atoms with van der Waals surface area (Å²) in [5, 5.41) is 0. The monoisotopic (exact) mass is 441 g/mol. The van der Waals surface area contributed by atoms with E-state index in [2.05, 4.69) is 121 Å². The fourth-order valence-electron chi connectivity index (χ4n) is 4.20. The summed E-state index contributed by atoms with van der Waals surface area (Å²) >= 11 is 3.63. The number of nitrogens with zero attached hydrogens (tertiary/aromatic N) is 1. The molecule has 0 saturated carbocycles. The first-order valence-corrected chi connectivity index (χ1v) is 10.8. The molecule has 0 unspecified atom stereocenters. The summed E-state index contributed by atoms with van der Waals surface area (Å²) in [6, 6.07) is 32.7. The van der Waals surface area contributed by atoms with E-state index in [1.54, 1.807) is 0 Å². The number of rotatable bonds is 5. The van der Waals surface area contributed by atoms with Crippen molar-refractivity contribution >= 4 is 15.9 Å². The van der Waals surface area contributed by atoms with Gasteiger partial charge in [-0.2, -0.15) is 0 Å². The first kappa shape index (κ1) is 19.6. The van der Waals surface area contributed by atoms with Crippen molar-refractivity contribution in [3.8, 4) is 0 Å². The van der Waals surface area contributed by atoms with E-state index in [9.17, 15) is 0 Å². The second-order valence-corrected chi connectivity index (χ2v) is 8.13. The summed E-state index contributed by atoms with van der Waals surface area (Å²) in [5.74, 6) is 0. The summed E-state index contributed by atoms with van der Waals surface area (Å²) in [6.45, 7) is 4.33. The van der Waals surface area contributed by atoms with Crippen LogP contribution in [0.2, 0.25) is 0 Å². The summed E-state index contributed by atoms with van der Waals surface area (Å²) in [5.41, 5.74) is 6.94. The smallest absolute Gasteiger partial charge is 0.109 e. The van der Waals surface area contributed by atoms with Crippen LogP contribution in [-0.4, -0.2) is 4.98 Å². The Kier molecular flexibility index (Phi) is 5.64. The molecule has 1 aromatic heterocycles. The third-order valence-corrected chi connectivity index (χ3v) is 6.30. The fraction of sp³-hybridized carbons (Fsp3) is 0.148. The normalized spacial score (nSPS) is 11.4. The highest BCUT2D eigenvalue weighted by Gasteiger charge is 2.38. The fourth-order valence-corrected chi connectivity index (χ4v) is 4.70. The van der Waals surface area contributed by atoms with Crippen molar-refractivity contribution in [2.45, 2.75) is 25.7 Å². The number of aryl methyl sites for hydroxylation is 2. The molecule has 3 aromatic carbocycles. The zero-order valence-corrected chi connectivity index (χ0v) is 18.4. The lowest BCUT2D eigenvalue weighted by atomic mass is 9.65. The third kappa shape index (κ3) is 3.54. The van der Waals surface area contributed by atoms with Gasteiger partial charge in [0.1, 0.15) is 4.60 Å². The molecule has 0 aliphatic heterocycles. The highest BCUT2D eigenvalue weighted by Crippen LogP contribution is 2.45. The van der Waals surface area contributed by atoms with Crippen LogP contribution in [0.1, 0.15) is 40.3 Å². The van der Waals surface area contributed by atoms with Gasteiger partial charge in [0.05, 0.1) is 5.41 Å². The van der Waals surface area contributed by atoms with Crippen molar-refractivity contribution in [1.29, 1.82) is 0 Å². The lowest BCUT2D eigenvalue weighted by Gasteiger charge is -2.37. The van der Waals surface area contributed by atoms with Gasteiger partial charge in [-0.15, -0.1) is 0 Å². The summed E-state index contributed by atoms with van der Waals surface area (Å²) < 4.78 is 0.919. The molecule has 0 spiro atoms. The van der Waals surface area contributed by atoms with E-state index in [1.165, 1.54) is 33.4 Å². The SMILES string of the molecule is CCc1cc(C(c2ccccc2)(c2ccccc2)c2cccc(C)c2)cnc1Br. The molecular formula is C27H24BrN. The van der Waals surface area contributed by atoms with Crippen molar-refractivity contribution in [1.82, 2.24) is 4.98 Å². The molecule has 0 saturated heterocycles. The quantitative estimate of drug-likeness (QED) is 0.237. The number of pyridine rings is 1. The molecule has 2 heteroatoms. The van der Waals surface area contributed by atoms with Crippen LogP contribution in [0.25, 0.3) is 0 Å². The van der Waals surface area contributed by atoms with Gasteiger partial charge in [0.25, 0.3) is 0 Å². The second-order valence-electron chi connectivity index (χ2n) is 7.38. The number of benzene rings is 3. The van der Waals surface area contributed by atoms with Crippen molar-refractivity contribution in [3.05, 3.63) is 135 Å². The molecule has 1 nitrogen and oxygen atoms in total. The van der Waals surface area contributed by atoms with Gasteiger partial charge in [-0.25, -0.2) is 4.98 Å². The maximum Gasteiger partial charge on any atom is 0.109 e. The Bertz CT molecular complexity index is 1060. The largest absolute Gasteiger partial charge is 0.249 e. The number of hydrogen-bond donors (Lipinski definition) is 0. The van der Waals surface area contributed by atoms with Gasteiger partial charge in [-0.1, -0.05) is 97.4 Å². The first-order valence-electron chi connectivity index (χ1n) is 9.99. The minimum atomic E-state index is -0.438. The molecule has 0 fully saturated rings. The van der Waals surface area contributed by atoms with E-state index >= 15 is 0 Å². The zero-order chi connectivity index (χ0) is 20.3. The Balaban J connectivity index is 2.15. The van der Waals surface area contributed by atoms with Gasteiger partial charge in [-0.3, -0.25) is 0 Å². The number of aromatic nitrogens is 1. The van der Waals surface area contributed by atoms with Crippen LogP contribution in [0.4, 0.5) is 0 Å². The lowest BCUT2D eigenvalue weighted by molar-refractivity contribution is 0.735. The van der Waals surface area contributed by atoms with E-state index in [4.69, 9.17) is 4.98 Å². The number of halogens is 1. The van der Waals surface area contributed by atoms with Crippen molar-refractivity contribution in [3.63, 3.8) is 0 Å². The van der Waals surface area contributed by atoms with Crippen LogP contribution in [0.3, 0.4) is 0 Å². The van der Waals surface area contributed by atoms with Gasteiger partial charge >= 0.3 is 0 Å². The minimum absolute atomic E-state index is 0.438. The molecule has 0 aliphatic carbocycles. The van der Waals surface area contributed by atoms with Gasteiger partial charge in [0.2, 0.25) is 0 Å². The molecule has 0 N–H and O–H groups in total. The van der Waals surface area contributed by atoms with E-state index in [0.29, 0.717) is 0 Å². The standard InChI is InChI=1S/C27H24BrN/c1-3-21-18-25(19-29-26(21)28)27(22-12-6-4-7-13-22,23-14-8-5-9-15-23)24-16-10-11-20(2)17-24/h4-19H,3H2,1-2H3. The molecule has 29 heavy (non-hydrogen) atoms. The Morgan fingerprint density at radius 2 is 1.31 bits per heavy atom. The summed E-state index contributed by atoms with van der Waals surface area (Å²) in [4.78, 5) is 4.73. The maximum absolute atomic E-state index is 4.73. The highest BCUT2D eigenvalue weighted by molar-refractivity contribution is 9.10.